The molecule has 1 rings (SSSR count). The van der Waals surface area contributed by atoms with Crippen LogP contribution in [-0.2, 0) is 14.0 Å². The first-order valence-corrected chi connectivity index (χ1v) is 10.1. The number of carboxylic acids is 1. The smallest absolute Gasteiger partial charge is 0.310 e. The number of amides is 1. The molecule has 0 aliphatic carbocycles. The fraction of sp³-hybridized carbons (Fsp3) is 0.857. The van der Waals surface area contributed by atoms with Crippen LogP contribution in [0.5, 0.6) is 0 Å². The highest BCUT2D eigenvalue weighted by Crippen LogP contribution is 2.39. The number of carbonyl (C=O) groups excluding carboxylic acids is 1. The lowest BCUT2D eigenvalue weighted by molar-refractivity contribution is -0.153. The van der Waals surface area contributed by atoms with E-state index in [4.69, 9.17) is 9.53 Å². The van der Waals surface area contributed by atoms with E-state index in [0.717, 1.165) is 0 Å². The van der Waals surface area contributed by atoms with E-state index in [9.17, 15) is 14.7 Å². The number of carboxylic acid groups (broad SMARTS) is 1. The maximum absolute atomic E-state index is 11.8. The summed E-state index contributed by atoms with van der Waals surface area (Å²) in [4.78, 5) is 23.0. The highest BCUT2D eigenvalue weighted by atomic mass is 28.4. The Morgan fingerprint density at radius 2 is 1.95 bits per heavy atom. The van der Waals surface area contributed by atoms with Gasteiger partial charge in [0, 0.05) is 0 Å². The molecule has 1 aliphatic heterocycles. The molecule has 1 fully saturated rings. The maximum Gasteiger partial charge on any atom is 0.310 e. The molecular formula is C14H27NO5Si. The molecule has 0 aromatic rings. The Kier molecular flexibility index (Phi) is 5.23. The van der Waals surface area contributed by atoms with E-state index >= 15 is 0 Å². The van der Waals surface area contributed by atoms with Crippen LogP contribution in [0.2, 0.25) is 18.1 Å². The first-order valence-electron chi connectivity index (χ1n) is 7.24. The Balaban J connectivity index is 2.83. The second kappa shape index (κ2) is 6.06. The molecule has 1 saturated heterocycles. The predicted molar refractivity (Wildman–Crippen MR) is 81.4 cm³/mol. The van der Waals surface area contributed by atoms with Gasteiger partial charge in [0.25, 0.3) is 0 Å². The zero-order chi connectivity index (χ0) is 16.6. The van der Waals surface area contributed by atoms with Crippen LogP contribution < -0.4 is 5.32 Å². The Morgan fingerprint density at radius 1 is 1.43 bits per heavy atom. The van der Waals surface area contributed by atoms with Gasteiger partial charge in [0.05, 0.1) is 24.7 Å². The Labute approximate surface area is 127 Å². The highest BCUT2D eigenvalue weighted by Gasteiger charge is 2.51. The van der Waals surface area contributed by atoms with Crippen LogP contribution >= 0.6 is 0 Å². The maximum atomic E-state index is 11.8. The predicted octanol–water partition coefficient (Wildman–Crippen LogP) is 1.20. The van der Waals surface area contributed by atoms with Gasteiger partial charge in [-0.25, -0.2) is 0 Å². The number of rotatable bonds is 6. The third-order valence-corrected chi connectivity index (χ3v) is 9.31. The number of aliphatic hydroxyl groups excluding tert-OH is 1. The molecule has 122 valence electrons. The van der Waals surface area contributed by atoms with Crippen LogP contribution in [0.1, 0.15) is 27.7 Å². The summed E-state index contributed by atoms with van der Waals surface area (Å²) in [7, 11) is -2.03. The zero-order valence-electron chi connectivity index (χ0n) is 13.6. The van der Waals surface area contributed by atoms with Crippen LogP contribution in [0.15, 0.2) is 0 Å². The fourth-order valence-corrected chi connectivity index (χ4v) is 3.76. The SMILES string of the molecule is C[C@@H](O[Si](C)(C)C(C)(C)C)[C@H]1C(=O)N[C@H]1[C@@H](CO)C(=O)O. The average Bonchev–Trinajstić information content (AvgIpc) is 2.25. The third kappa shape index (κ3) is 3.64. The van der Waals surface area contributed by atoms with Crippen molar-refractivity contribution in [1.29, 1.82) is 0 Å². The van der Waals surface area contributed by atoms with Gasteiger partial charge in [0.2, 0.25) is 5.91 Å². The van der Waals surface area contributed by atoms with Crippen LogP contribution in [0.4, 0.5) is 0 Å². The molecule has 1 amide bonds. The first kappa shape index (κ1) is 18.1. The fourth-order valence-electron chi connectivity index (χ4n) is 2.33. The summed E-state index contributed by atoms with van der Waals surface area (Å²) < 4.78 is 6.18. The lowest BCUT2D eigenvalue weighted by atomic mass is 9.78. The molecule has 1 aliphatic rings. The van der Waals surface area contributed by atoms with E-state index in [1.165, 1.54) is 0 Å². The Bertz CT molecular complexity index is 418. The normalized spacial score (nSPS) is 25.8. The van der Waals surface area contributed by atoms with Crippen LogP contribution in [-0.4, -0.2) is 49.2 Å². The van der Waals surface area contributed by atoms with E-state index in [1.54, 1.807) is 0 Å². The quantitative estimate of drug-likeness (QED) is 0.505. The minimum atomic E-state index is -2.03. The highest BCUT2D eigenvalue weighted by molar-refractivity contribution is 6.74. The van der Waals surface area contributed by atoms with E-state index in [0.29, 0.717) is 0 Å². The molecule has 0 aromatic heterocycles. The van der Waals surface area contributed by atoms with E-state index < -0.39 is 38.8 Å². The van der Waals surface area contributed by atoms with Crippen LogP contribution in [0.25, 0.3) is 0 Å². The molecular weight excluding hydrogens is 290 g/mol. The lowest BCUT2D eigenvalue weighted by Gasteiger charge is -2.46. The summed E-state index contributed by atoms with van der Waals surface area (Å²) >= 11 is 0. The van der Waals surface area contributed by atoms with E-state index in [-0.39, 0.29) is 17.0 Å². The van der Waals surface area contributed by atoms with Crippen LogP contribution in [0, 0.1) is 11.8 Å². The number of β-lactam (4-membered cyclic amide) rings is 1. The van der Waals surface area contributed by atoms with Gasteiger partial charge in [-0.3, -0.25) is 9.59 Å². The van der Waals surface area contributed by atoms with Crippen molar-refractivity contribution in [1.82, 2.24) is 5.32 Å². The molecule has 0 aromatic carbocycles. The second-order valence-electron chi connectivity index (χ2n) is 7.27. The molecule has 0 unspecified atom stereocenters. The van der Waals surface area contributed by atoms with E-state index in [1.807, 2.05) is 6.92 Å². The Morgan fingerprint density at radius 3 is 2.29 bits per heavy atom. The summed E-state index contributed by atoms with van der Waals surface area (Å²) in [5, 5.41) is 20.9. The van der Waals surface area contributed by atoms with Crippen molar-refractivity contribution in [2.75, 3.05) is 6.61 Å². The van der Waals surface area contributed by atoms with Crippen LogP contribution in [0.3, 0.4) is 0 Å². The molecule has 0 radical (unpaired) electrons. The molecule has 1 heterocycles. The van der Waals surface area contributed by atoms with Crippen molar-refractivity contribution in [2.45, 2.75) is 58.0 Å². The molecule has 0 bridgehead atoms. The first-order chi connectivity index (χ1) is 9.42. The summed E-state index contributed by atoms with van der Waals surface area (Å²) in [5.74, 6) is -2.82. The standard InChI is InChI=1S/C14H27NO5Si/c1-8(20-21(5,6)14(2,3)4)10-11(15-12(10)17)9(7-16)13(18)19/h8-11,16H,7H2,1-6H3,(H,15,17)(H,18,19)/t8-,9-,10-,11+/m1/s1. The topological polar surface area (TPSA) is 95.9 Å². The number of aliphatic carboxylic acids is 1. The molecule has 7 heteroatoms. The van der Waals surface area contributed by atoms with Gasteiger partial charge in [-0.1, -0.05) is 20.8 Å². The van der Waals surface area contributed by atoms with Crippen molar-refractivity contribution in [2.24, 2.45) is 11.8 Å². The van der Waals surface area contributed by atoms with Gasteiger partial charge in [0.15, 0.2) is 8.32 Å². The second-order valence-corrected chi connectivity index (χ2v) is 12.0. The largest absolute Gasteiger partial charge is 0.481 e. The minimum Gasteiger partial charge on any atom is -0.481 e. The summed E-state index contributed by atoms with van der Waals surface area (Å²) in [6, 6.07) is -0.570. The third-order valence-electron chi connectivity index (χ3n) is 4.74. The van der Waals surface area contributed by atoms with Gasteiger partial charge in [-0.15, -0.1) is 0 Å². The number of hydrogen-bond donors (Lipinski definition) is 3. The molecule has 3 N–H and O–H groups in total. The molecule has 6 nitrogen and oxygen atoms in total. The molecule has 0 spiro atoms. The Hall–Kier alpha value is -0.923. The summed E-state index contributed by atoms with van der Waals surface area (Å²) in [6.45, 7) is 11.8. The average molecular weight is 317 g/mol. The number of carbonyl (C=O) groups is 2. The van der Waals surface area contributed by atoms with Crippen molar-refractivity contribution in [3.05, 3.63) is 0 Å². The molecule has 21 heavy (non-hydrogen) atoms. The van der Waals surface area contributed by atoms with Gasteiger partial charge in [-0.05, 0) is 25.1 Å². The molecule has 4 atom stereocenters. The van der Waals surface area contributed by atoms with Gasteiger partial charge in [-0.2, -0.15) is 0 Å². The van der Waals surface area contributed by atoms with Gasteiger partial charge >= 0.3 is 5.97 Å². The summed E-state index contributed by atoms with van der Waals surface area (Å²) in [6.07, 6.45) is -0.363. The van der Waals surface area contributed by atoms with Crippen molar-refractivity contribution in [3.63, 3.8) is 0 Å². The van der Waals surface area contributed by atoms with E-state index in [2.05, 4.69) is 39.2 Å². The zero-order valence-corrected chi connectivity index (χ0v) is 14.6. The number of aliphatic hydroxyl groups is 1. The monoisotopic (exact) mass is 317 g/mol. The number of hydrogen-bond acceptors (Lipinski definition) is 4. The van der Waals surface area contributed by atoms with Crippen molar-refractivity contribution >= 4 is 20.2 Å². The van der Waals surface area contributed by atoms with Crippen molar-refractivity contribution in [3.8, 4) is 0 Å². The van der Waals surface area contributed by atoms with Gasteiger partial charge in [0.1, 0.15) is 5.92 Å². The minimum absolute atomic E-state index is 0.0140. The van der Waals surface area contributed by atoms with Crippen molar-refractivity contribution < 1.29 is 24.2 Å². The van der Waals surface area contributed by atoms with Gasteiger partial charge < -0.3 is 20.0 Å². The number of nitrogens with one attached hydrogen (secondary N) is 1. The summed E-state index contributed by atoms with van der Waals surface area (Å²) in [5.41, 5.74) is 0. The molecule has 0 saturated carbocycles. The lowest BCUT2D eigenvalue weighted by Crippen LogP contribution is -2.67.